The van der Waals surface area contributed by atoms with Crippen LogP contribution in [0.3, 0.4) is 0 Å². The first-order chi connectivity index (χ1) is 10.6. The molecule has 0 bridgehead atoms. The summed E-state index contributed by atoms with van der Waals surface area (Å²) < 4.78 is 1.51. The number of carbonyl (C=O) groups is 1. The predicted molar refractivity (Wildman–Crippen MR) is 82.9 cm³/mol. The number of fused-ring (bicyclic) bond motifs is 1. The molecule has 0 saturated carbocycles. The third-order valence-electron chi connectivity index (χ3n) is 4.01. The second-order valence-corrected chi connectivity index (χ2v) is 5.45. The van der Waals surface area contributed by atoms with E-state index in [1.165, 1.54) is 4.57 Å². The third-order valence-corrected chi connectivity index (χ3v) is 4.01. The Hall–Kier alpha value is -2.28. The minimum absolute atomic E-state index is 0.00750. The van der Waals surface area contributed by atoms with Gasteiger partial charge in [-0.2, -0.15) is 0 Å². The van der Waals surface area contributed by atoms with Crippen molar-refractivity contribution in [2.24, 2.45) is 0 Å². The normalized spacial score (nSPS) is 16.2. The molecule has 3 heterocycles. The van der Waals surface area contributed by atoms with Crippen molar-refractivity contribution >= 4 is 17.1 Å². The number of rotatable bonds is 2. The fourth-order valence-electron chi connectivity index (χ4n) is 2.67. The first-order valence-electron chi connectivity index (χ1n) is 7.45. The quantitative estimate of drug-likeness (QED) is 0.792. The minimum atomic E-state index is -0.363. The highest BCUT2D eigenvalue weighted by molar-refractivity contribution is 5.93. The number of likely N-dealkylation sites (N-methyl/N-ethyl adjacent to an activating group) is 1. The molecule has 1 fully saturated rings. The van der Waals surface area contributed by atoms with Crippen LogP contribution in [0.1, 0.15) is 17.4 Å². The Bertz CT molecular complexity index is 762. The average molecular weight is 301 g/mol. The molecule has 22 heavy (non-hydrogen) atoms. The Kier molecular flexibility index (Phi) is 3.89. The van der Waals surface area contributed by atoms with E-state index in [0.29, 0.717) is 30.8 Å². The van der Waals surface area contributed by atoms with Crippen molar-refractivity contribution in [2.75, 3.05) is 33.2 Å². The Morgan fingerprint density at radius 1 is 1.27 bits per heavy atom. The number of aromatic nitrogens is 3. The van der Waals surface area contributed by atoms with Crippen LogP contribution in [0.25, 0.3) is 11.2 Å². The summed E-state index contributed by atoms with van der Waals surface area (Å²) in [5.41, 5.74) is 0.718. The van der Waals surface area contributed by atoms with Crippen LogP contribution < -0.4 is 5.56 Å². The molecule has 1 aliphatic heterocycles. The SMILES string of the molecule is CCn1c(=O)c(C(=O)N2CCN(C)CC2)nc2cccnc21. The summed E-state index contributed by atoms with van der Waals surface area (Å²) in [5.74, 6) is -0.286. The van der Waals surface area contributed by atoms with E-state index in [4.69, 9.17) is 0 Å². The number of pyridine rings is 1. The van der Waals surface area contributed by atoms with Crippen LogP contribution in [0.4, 0.5) is 0 Å². The van der Waals surface area contributed by atoms with E-state index < -0.39 is 0 Å². The predicted octanol–water partition coefficient (Wildman–Crippen LogP) is 0.199. The second kappa shape index (κ2) is 5.84. The summed E-state index contributed by atoms with van der Waals surface area (Å²) in [4.78, 5) is 37.6. The minimum Gasteiger partial charge on any atom is -0.335 e. The van der Waals surface area contributed by atoms with E-state index in [9.17, 15) is 9.59 Å². The van der Waals surface area contributed by atoms with Crippen LogP contribution in [0.2, 0.25) is 0 Å². The lowest BCUT2D eigenvalue weighted by Crippen LogP contribution is -2.48. The molecule has 7 nitrogen and oxygen atoms in total. The fourth-order valence-corrected chi connectivity index (χ4v) is 2.67. The summed E-state index contributed by atoms with van der Waals surface area (Å²) in [5, 5.41) is 0. The molecule has 0 spiro atoms. The number of piperazine rings is 1. The molecule has 116 valence electrons. The van der Waals surface area contributed by atoms with Gasteiger partial charge < -0.3 is 9.80 Å². The number of carbonyl (C=O) groups excluding carboxylic acids is 1. The molecule has 0 N–H and O–H groups in total. The van der Waals surface area contributed by atoms with E-state index in [0.717, 1.165) is 13.1 Å². The second-order valence-electron chi connectivity index (χ2n) is 5.45. The lowest BCUT2D eigenvalue weighted by atomic mass is 10.2. The molecule has 2 aromatic heterocycles. The molecule has 0 radical (unpaired) electrons. The van der Waals surface area contributed by atoms with Gasteiger partial charge in [-0.05, 0) is 26.1 Å². The van der Waals surface area contributed by atoms with Gasteiger partial charge in [0.15, 0.2) is 11.3 Å². The lowest BCUT2D eigenvalue weighted by Gasteiger charge is -2.32. The summed E-state index contributed by atoms with van der Waals surface area (Å²) >= 11 is 0. The molecule has 0 aromatic carbocycles. The summed E-state index contributed by atoms with van der Waals surface area (Å²) in [6, 6.07) is 3.53. The van der Waals surface area contributed by atoms with Gasteiger partial charge >= 0.3 is 0 Å². The van der Waals surface area contributed by atoms with Crippen LogP contribution >= 0.6 is 0 Å². The van der Waals surface area contributed by atoms with Crippen molar-refractivity contribution in [1.82, 2.24) is 24.3 Å². The van der Waals surface area contributed by atoms with Gasteiger partial charge in [0.05, 0.1) is 0 Å². The molecule has 3 rings (SSSR count). The Morgan fingerprint density at radius 2 is 2.00 bits per heavy atom. The van der Waals surface area contributed by atoms with Gasteiger partial charge in [-0.15, -0.1) is 0 Å². The standard InChI is InChI=1S/C15H19N5O2/c1-3-20-13-11(5-4-6-16-13)17-12(15(20)22)14(21)19-9-7-18(2)8-10-19/h4-6H,3,7-10H2,1-2H3. The molecular formula is C15H19N5O2. The van der Waals surface area contributed by atoms with E-state index in [1.807, 2.05) is 14.0 Å². The van der Waals surface area contributed by atoms with Crippen LogP contribution in [0.15, 0.2) is 23.1 Å². The highest BCUT2D eigenvalue weighted by Gasteiger charge is 2.25. The lowest BCUT2D eigenvalue weighted by molar-refractivity contribution is 0.0656. The zero-order valence-electron chi connectivity index (χ0n) is 12.8. The summed E-state index contributed by atoms with van der Waals surface area (Å²) in [7, 11) is 2.02. The number of aryl methyl sites for hydroxylation is 1. The number of amides is 1. The Morgan fingerprint density at radius 3 is 2.68 bits per heavy atom. The van der Waals surface area contributed by atoms with E-state index in [2.05, 4.69) is 14.9 Å². The molecule has 0 aliphatic carbocycles. The maximum absolute atomic E-state index is 12.7. The molecule has 0 unspecified atom stereocenters. The average Bonchev–Trinajstić information content (AvgIpc) is 2.54. The monoisotopic (exact) mass is 301 g/mol. The molecule has 1 aliphatic rings. The molecule has 1 saturated heterocycles. The number of hydrogen-bond donors (Lipinski definition) is 0. The summed E-state index contributed by atoms with van der Waals surface area (Å²) in [6.07, 6.45) is 1.62. The van der Waals surface area contributed by atoms with Crippen molar-refractivity contribution in [3.63, 3.8) is 0 Å². The van der Waals surface area contributed by atoms with Crippen molar-refractivity contribution in [1.29, 1.82) is 0 Å². The van der Waals surface area contributed by atoms with Gasteiger partial charge in [-0.25, -0.2) is 9.97 Å². The van der Waals surface area contributed by atoms with Crippen molar-refractivity contribution in [3.8, 4) is 0 Å². The van der Waals surface area contributed by atoms with E-state index in [1.54, 1.807) is 23.2 Å². The smallest absolute Gasteiger partial charge is 0.283 e. The number of nitrogens with zero attached hydrogens (tertiary/aromatic N) is 5. The maximum Gasteiger partial charge on any atom is 0.283 e. The van der Waals surface area contributed by atoms with E-state index in [-0.39, 0.29) is 17.2 Å². The molecular weight excluding hydrogens is 282 g/mol. The van der Waals surface area contributed by atoms with E-state index >= 15 is 0 Å². The van der Waals surface area contributed by atoms with Gasteiger partial charge in [-0.1, -0.05) is 0 Å². The molecule has 2 aromatic rings. The van der Waals surface area contributed by atoms with Crippen molar-refractivity contribution in [3.05, 3.63) is 34.4 Å². The van der Waals surface area contributed by atoms with Crippen LogP contribution in [-0.2, 0) is 6.54 Å². The molecule has 0 atom stereocenters. The van der Waals surface area contributed by atoms with Crippen molar-refractivity contribution < 1.29 is 4.79 Å². The van der Waals surface area contributed by atoms with Crippen LogP contribution in [-0.4, -0.2) is 63.5 Å². The van der Waals surface area contributed by atoms with Gasteiger partial charge in [0.25, 0.3) is 11.5 Å². The zero-order chi connectivity index (χ0) is 15.7. The van der Waals surface area contributed by atoms with Crippen molar-refractivity contribution in [2.45, 2.75) is 13.5 Å². The van der Waals surface area contributed by atoms with Gasteiger partial charge in [0.2, 0.25) is 0 Å². The molecule has 7 heteroatoms. The zero-order valence-corrected chi connectivity index (χ0v) is 12.8. The van der Waals surface area contributed by atoms with Gasteiger partial charge in [0, 0.05) is 38.9 Å². The van der Waals surface area contributed by atoms with Gasteiger partial charge in [-0.3, -0.25) is 14.2 Å². The first kappa shape index (κ1) is 14.6. The van der Waals surface area contributed by atoms with Crippen LogP contribution in [0.5, 0.6) is 0 Å². The molecule has 1 amide bonds. The number of hydrogen-bond acceptors (Lipinski definition) is 5. The Labute approximate surface area is 128 Å². The fraction of sp³-hybridized carbons (Fsp3) is 0.467. The Balaban J connectivity index is 2.05. The first-order valence-corrected chi connectivity index (χ1v) is 7.45. The highest BCUT2D eigenvalue weighted by atomic mass is 16.2. The highest BCUT2D eigenvalue weighted by Crippen LogP contribution is 2.09. The topological polar surface area (TPSA) is 71.3 Å². The maximum atomic E-state index is 12.7. The third kappa shape index (κ3) is 2.48. The largest absolute Gasteiger partial charge is 0.335 e. The van der Waals surface area contributed by atoms with Crippen LogP contribution in [0, 0.1) is 0 Å². The van der Waals surface area contributed by atoms with Gasteiger partial charge in [0.1, 0.15) is 5.52 Å². The summed E-state index contributed by atoms with van der Waals surface area (Å²) in [6.45, 7) is 5.17.